The van der Waals surface area contributed by atoms with Crippen LogP contribution in [0.5, 0.6) is 5.75 Å². The molecule has 0 aliphatic carbocycles. The third-order valence-corrected chi connectivity index (χ3v) is 3.48. The molecule has 2 rings (SSSR count). The van der Waals surface area contributed by atoms with E-state index in [0.29, 0.717) is 10.8 Å². The number of hydrogen-bond donors (Lipinski definition) is 1. The number of benzene rings is 1. The van der Waals surface area contributed by atoms with Gasteiger partial charge in [-0.3, -0.25) is 0 Å². The Kier molecular flexibility index (Phi) is 3.03. The predicted molar refractivity (Wildman–Crippen MR) is 68.3 cm³/mol. The van der Waals surface area contributed by atoms with Gasteiger partial charge in [0.15, 0.2) is 0 Å². The van der Waals surface area contributed by atoms with E-state index in [1.54, 1.807) is 13.2 Å². The van der Waals surface area contributed by atoms with E-state index >= 15 is 0 Å². The molecule has 16 heavy (non-hydrogen) atoms. The Hall–Kier alpha value is -1.26. The van der Waals surface area contributed by atoms with Crippen molar-refractivity contribution in [2.75, 3.05) is 12.8 Å². The Morgan fingerprint density at radius 3 is 2.75 bits per heavy atom. The Morgan fingerprint density at radius 1 is 1.44 bits per heavy atom. The van der Waals surface area contributed by atoms with E-state index < -0.39 is 0 Å². The lowest BCUT2D eigenvalue weighted by molar-refractivity contribution is 0.416. The fourth-order valence-corrected chi connectivity index (χ4v) is 2.40. The van der Waals surface area contributed by atoms with Crippen LogP contribution in [0, 0.1) is 6.92 Å². The molecule has 0 saturated heterocycles. The molecule has 1 heterocycles. The molecule has 3 nitrogen and oxygen atoms in total. The predicted octanol–water partition coefficient (Wildman–Crippen LogP) is 3.36. The number of nitrogens with zero attached hydrogens (tertiary/aromatic N) is 1. The molecule has 0 spiro atoms. The lowest BCUT2D eigenvalue weighted by Gasteiger charge is -2.05. The molecule has 5 heteroatoms. The summed E-state index contributed by atoms with van der Waals surface area (Å²) in [6.45, 7) is 1.94. The Bertz CT molecular complexity index is 505. The fourth-order valence-electron chi connectivity index (χ4n) is 1.37. The van der Waals surface area contributed by atoms with E-state index in [9.17, 15) is 0 Å². The maximum absolute atomic E-state index is 5.96. The summed E-state index contributed by atoms with van der Waals surface area (Å²) in [5.74, 6) is 1.31. The van der Waals surface area contributed by atoms with Crippen LogP contribution in [-0.2, 0) is 0 Å². The number of nitrogen functional groups attached to an aromatic ring is 1. The SMILES string of the molecule is COc1ccc(Cl)cc1-c1nc(N)c(C)s1. The molecule has 84 valence electrons. The maximum Gasteiger partial charge on any atom is 0.138 e. The summed E-state index contributed by atoms with van der Waals surface area (Å²) in [5, 5.41) is 1.48. The highest BCUT2D eigenvalue weighted by atomic mass is 35.5. The van der Waals surface area contributed by atoms with E-state index in [1.807, 2.05) is 19.1 Å². The van der Waals surface area contributed by atoms with Gasteiger partial charge in [-0.05, 0) is 25.1 Å². The van der Waals surface area contributed by atoms with E-state index in [4.69, 9.17) is 22.1 Å². The number of rotatable bonds is 2. The quantitative estimate of drug-likeness (QED) is 0.894. The second-order valence-corrected chi connectivity index (χ2v) is 4.94. The molecular weight excluding hydrogens is 244 g/mol. The monoisotopic (exact) mass is 254 g/mol. The van der Waals surface area contributed by atoms with E-state index in [-0.39, 0.29) is 0 Å². The van der Waals surface area contributed by atoms with Crippen molar-refractivity contribution in [2.45, 2.75) is 6.92 Å². The van der Waals surface area contributed by atoms with Crippen LogP contribution in [0.2, 0.25) is 5.02 Å². The molecule has 0 aliphatic heterocycles. The number of ether oxygens (including phenoxy) is 1. The van der Waals surface area contributed by atoms with Gasteiger partial charge in [-0.1, -0.05) is 11.6 Å². The van der Waals surface area contributed by atoms with Crippen LogP contribution in [0.15, 0.2) is 18.2 Å². The molecule has 0 bridgehead atoms. The lowest BCUT2D eigenvalue weighted by atomic mass is 10.2. The third-order valence-electron chi connectivity index (χ3n) is 2.22. The maximum atomic E-state index is 5.96. The van der Waals surface area contributed by atoms with Gasteiger partial charge in [-0.25, -0.2) is 4.98 Å². The average molecular weight is 255 g/mol. The van der Waals surface area contributed by atoms with Crippen molar-refractivity contribution in [1.29, 1.82) is 0 Å². The third kappa shape index (κ3) is 1.99. The fraction of sp³-hybridized carbons (Fsp3) is 0.182. The molecule has 2 N–H and O–H groups in total. The van der Waals surface area contributed by atoms with Crippen molar-refractivity contribution >= 4 is 28.8 Å². The summed E-state index contributed by atoms with van der Waals surface area (Å²) < 4.78 is 5.27. The van der Waals surface area contributed by atoms with E-state index in [1.165, 1.54) is 11.3 Å². The van der Waals surface area contributed by atoms with Crippen LogP contribution in [0.3, 0.4) is 0 Å². The van der Waals surface area contributed by atoms with Crippen LogP contribution >= 0.6 is 22.9 Å². The van der Waals surface area contributed by atoms with Gasteiger partial charge in [0.1, 0.15) is 16.6 Å². The minimum absolute atomic E-state index is 0.557. The van der Waals surface area contributed by atoms with Crippen LogP contribution < -0.4 is 10.5 Å². The van der Waals surface area contributed by atoms with Gasteiger partial charge in [0.2, 0.25) is 0 Å². The number of methoxy groups -OCH3 is 1. The Balaban J connectivity index is 2.57. The summed E-state index contributed by atoms with van der Waals surface area (Å²) in [6, 6.07) is 5.44. The van der Waals surface area contributed by atoms with Crippen LogP contribution in [-0.4, -0.2) is 12.1 Å². The van der Waals surface area contributed by atoms with Crippen molar-refractivity contribution in [3.63, 3.8) is 0 Å². The highest BCUT2D eigenvalue weighted by Crippen LogP contribution is 2.36. The van der Waals surface area contributed by atoms with E-state index in [2.05, 4.69) is 4.98 Å². The molecule has 1 aromatic carbocycles. The first-order chi connectivity index (χ1) is 7.61. The number of aromatic nitrogens is 1. The van der Waals surface area contributed by atoms with Gasteiger partial charge < -0.3 is 10.5 Å². The minimum atomic E-state index is 0.557. The first-order valence-electron chi connectivity index (χ1n) is 4.68. The normalized spacial score (nSPS) is 10.4. The number of aryl methyl sites for hydroxylation is 1. The van der Waals surface area contributed by atoms with Crippen molar-refractivity contribution in [1.82, 2.24) is 4.98 Å². The number of nitrogens with two attached hydrogens (primary N) is 1. The number of anilines is 1. The zero-order valence-electron chi connectivity index (χ0n) is 8.95. The highest BCUT2D eigenvalue weighted by Gasteiger charge is 2.12. The Labute approximate surface area is 103 Å². The van der Waals surface area contributed by atoms with Gasteiger partial charge in [-0.2, -0.15) is 0 Å². The molecular formula is C11H11ClN2OS. The van der Waals surface area contributed by atoms with Gasteiger partial charge in [-0.15, -0.1) is 11.3 Å². The Morgan fingerprint density at radius 2 is 2.19 bits per heavy atom. The molecule has 0 aliphatic rings. The van der Waals surface area contributed by atoms with Gasteiger partial charge in [0.05, 0.1) is 12.7 Å². The molecule has 0 saturated carbocycles. The molecule has 0 unspecified atom stereocenters. The number of thiazole rings is 1. The standard InChI is InChI=1S/C11H11ClN2OS/c1-6-10(13)14-11(16-6)8-5-7(12)3-4-9(8)15-2/h3-5H,13H2,1-2H3. The molecule has 2 aromatic rings. The lowest BCUT2D eigenvalue weighted by Crippen LogP contribution is -1.89. The number of halogens is 1. The summed E-state index contributed by atoms with van der Waals surface area (Å²) in [7, 11) is 1.62. The largest absolute Gasteiger partial charge is 0.496 e. The highest BCUT2D eigenvalue weighted by molar-refractivity contribution is 7.15. The van der Waals surface area contributed by atoms with Crippen LogP contribution in [0.1, 0.15) is 4.88 Å². The zero-order valence-corrected chi connectivity index (χ0v) is 10.5. The first kappa shape index (κ1) is 11.2. The molecule has 0 atom stereocenters. The summed E-state index contributed by atoms with van der Waals surface area (Å²) in [4.78, 5) is 5.29. The average Bonchev–Trinajstić information content (AvgIpc) is 2.59. The van der Waals surface area contributed by atoms with Gasteiger partial charge in [0, 0.05) is 9.90 Å². The van der Waals surface area contributed by atoms with Crippen LogP contribution in [0.4, 0.5) is 5.82 Å². The first-order valence-corrected chi connectivity index (χ1v) is 5.88. The van der Waals surface area contributed by atoms with Crippen LogP contribution in [0.25, 0.3) is 10.6 Å². The minimum Gasteiger partial charge on any atom is -0.496 e. The molecule has 1 aromatic heterocycles. The smallest absolute Gasteiger partial charge is 0.138 e. The second-order valence-electron chi connectivity index (χ2n) is 3.31. The molecule has 0 fully saturated rings. The summed E-state index contributed by atoms with van der Waals surface area (Å²) >= 11 is 7.49. The summed E-state index contributed by atoms with van der Waals surface area (Å²) in [6.07, 6.45) is 0. The van der Waals surface area contributed by atoms with E-state index in [0.717, 1.165) is 21.2 Å². The molecule has 0 amide bonds. The topological polar surface area (TPSA) is 48.1 Å². The second kappa shape index (κ2) is 4.31. The van der Waals surface area contributed by atoms with Crippen molar-refractivity contribution in [2.24, 2.45) is 0 Å². The van der Waals surface area contributed by atoms with Crippen molar-refractivity contribution in [3.8, 4) is 16.3 Å². The van der Waals surface area contributed by atoms with Crippen molar-refractivity contribution in [3.05, 3.63) is 28.1 Å². The van der Waals surface area contributed by atoms with Gasteiger partial charge in [0.25, 0.3) is 0 Å². The summed E-state index contributed by atoms with van der Waals surface area (Å²) in [5.41, 5.74) is 6.61. The zero-order chi connectivity index (χ0) is 11.7. The number of hydrogen-bond acceptors (Lipinski definition) is 4. The van der Waals surface area contributed by atoms with Gasteiger partial charge >= 0.3 is 0 Å². The molecule has 0 radical (unpaired) electrons. The van der Waals surface area contributed by atoms with Crippen molar-refractivity contribution < 1.29 is 4.74 Å².